The molecule has 1 aliphatic rings. The maximum atomic E-state index is 12.8. The summed E-state index contributed by atoms with van der Waals surface area (Å²) in [6.07, 6.45) is 3.40. The van der Waals surface area contributed by atoms with Gasteiger partial charge in [-0.2, -0.15) is 0 Å². The molecular weight excluding hydrogens is 388 g/mol. The number of carbonyl (C=O) groups is 1. The number of nitrogens with one attached hydrogen (secondary N) is 1. The minimum atomic E-state index is -0.322. The average Bonchev–Trinajstić information content (AvgIpc) is 3.19. The van der Waals surface area contributed by atoms with Crippen LogP contribution < -0.4 is 27.2 Å². The van der Waals surface area contributed by atoms with Gasteiger partial charge in [0, 0.05) is 42.5 Å². The molecule has 150 valence electrons. The van der Waals surface area contributed by atoms with Crippen molar-refractivity contribution in [2.45, 2.75) is 18.9 Å². The molecule has 0 radical (unpaired) electrons. The van der Waals surface area contributed by atoms with Gasteiger partial charge in [0.2, 0.25) is 0 Å². The first-order valence-electron chi connectivity index (χ1n) is 9.36. The molecule has 0 aliphatic carbocycles. The maximum absolute atomic E-state index is 12.8. The second-order valence-electron chi connectivity index (χ2n) is 6.98. The number of piperidine rings is 1. The molecule has 9 heteroatoms. The number of rotatable bonds is 4. The molecule has 4 rings (SSSR count). The molecule has 8 nitrogen and oxygen atoms in total. The third-order valence-electron chi connectivity index (χ3n) is 4.91. The van der Waals surface area contributed by atoms with E-state index in [-0.39, 0.29) is 23.2 Å². The van der Waals surface area contributed by atoms with Gasteiger partial charge in [-0.05, 0) is 31.0 Å². The Morgan fingerprint density at radius 1 is 1.21 bits per heavy atom. The fourth-order valence-corrected chi connectivity index (χ4v) is 4.11. The molecule has 0 atom stereocenters. The van der Waals surface area contributed by atoms with Gasteiger partial charge < -0.3 is 21.7 Å². The molecule has 0 saturated carbocycles. The standard InChI is InChI=1S/C20H22N6O2S/c21-13-5-8-25(9-6-13)17-4-2-1-3-15(17)23-19(28)16-12-29-20(24-16)26-10-7-14(22)11-18(26)27/h1-4,7,10-13H,5-6,8-9,21-22H2,(H,23,28). The van der Waals surface area contributed by atoms with Crippen molar-refractivity contribution >= 4 is 34.3 Å². The molecule has 29 heavy (non-hydrogen) atoms. The molecule has 1 amide bonds. The number of hydrogen-bond acceptors (Lipinski definition) is 7. The molecule has 2 aromatic heterocycles. The Bertz CT molecular complexity index is 1080. The van der Waals surface area contributed by atoms with Gasteiger partial charge in [-0.15, -0.1) is 11.3 Å². The number of carbonyl (C=O) groups excluding carboxylic acids is 1. The van der Waals surface area contributed by atoms with Crippen LogP contribution in [-0.4, -0.2) is 34.6 Å². The lowest BCUT2D eigenvalue weighted by atomic mass is 10.0. The van der Waals surface area contributed by atoms with Gasteiger partial charge >= 0.3 is 0 Å². The molecule has 0 bridgehead atoms. The summed E-state index contributed by atoms with van der Waals surface area (Å²) >= 11 is 1.22. The Morgan fingerprint density at radius 3 is 2.72 bits per heavy atom. The van der Waals surface area contributed by atoms with Crippen LogP contribution in [0.5, 0.6) is 0 Å². The van der Waals surface area contributed by atoms with Crippen LogP contribution in [0, 0.1) is 0 Å². The molecule has 3 heterocycles. The monoisotopic (exact) mass is 410 g/mol. The van der Waals surface area contributed by atoms with Crippen molar-refractivity contribution in [3.63, 3.8) is 0 Å². The Morgan fingerprint density at radius 2 is 1.97 bits per heavy atom. The fourth-order valence-electron chi connectivity index (χ4n) is 3.31. The first kappa shape index (κ1) is 19.2. The second kappa shape index (κ2) is 8.06. The van der Waals surface area contributed by atoms with Crippen LogP contribution in [0.4, 0.5) is 17.1 Å². The van der Waals surface area contributed by atoms with Gasteiger partial charge in [-0.25, -0.2) is 4.98 Å². The molecule has 0 spiro atoms. The number of nitrogens with zero attached hydrogens (tertiary/aromatic N) is 3. The molecular formula is C20H22N6O2S. The summed E-state index contributed by atoms with van der Waals surface area (Å²) in [7, 11) is 0. The SMILES string of the molecule is Nc1ccn(-c2nc(C(=O)Nc3ccccc3N3CCC(N)CC3)cs2)c(=O)c1. The van der Waals surface area contributed by atoms with E-state index in [0.717, 1.165) is 37.3 Å². The lowest BCUT2D eigenvalue weighted by molar-refractivity contribution is 0.102. The van der Waals surface area contributed by atoms with Crippen molar-refractivity contribution in [2.24, 2.45) is 5.73 Å². The van der Waals surface area contributed by atoms with Crippen molar-refractivity contribution in [1.29, 1.82) is 0 Å². The quantitative estimate of drug-likeness (QED) is 0.606. The van der Waals surface area contributed by atoms with Gasteiger partial charge in [0.15, 0.2) is 5.13 Å². The average molecular weight is 411 g/mol. The number of pyridine rings is 1. The van der Waals surface area contributed by atoms with E-state index in [1.807, 2.05) is 24.3 Å². The molecule has 1 aliphatic heterocycles. The van der Waals surface area contributed by atoms with Gasteiger partial charge in [0.25, 0.3) is 11.5 Å². The highest BCUT2D eigenvalue weighted by Gasteiger charge is 2.20. The molecule has 1 fully saturated rings. The lowest BCUT2D eigenvalue weighted by Gasteiger charge is -2.33. The van der Waals surface area contributed by atoms with E-state index >= 15 is 0 Å². The number of anilines is 3. The van der Waals surface area contributed by atoms with Crippen molar-refractivity contribution in [3.8, 4) is 5.13 Å². The molecule has 1 saturated heterocycles. The van der Waals surface area contributed by atoms with Crippen LogP contribution in [0.2, 0.25) is 0 Å². The lowest BCUT2D eigenvalue weighted by Crippen LogP contribution is -2.40. The zero-order valence-electron chi connectivity index (χ0n) is 15.7. The Hall–Kier alpha value is -3.17. The van der Waals surface area contributed by atoms with Crippen LogP contribution >= 0.6 is 11.3 Å². The maximum Gasteiger partial charge on any atom is 0.275 e. The van der Waals surface area contributed by atoms with Crippen LogP contribution in [0.25, 0.3) is 5.13 Å². The third kappa shape index (κ3) is 4.15. The Balaban J connectivity index is 1.54. The van der Waals surface area contributed by atoms with Crippen LogP contribution in [-0.2, 0) is 0 Å². The highest BCUT2D eigenvalue weighted by molar-refractivity contribution is 7.12. The minimum Gasteiger partial charge on any atom is -0.399 e. The number of aromatic nitrogens is 2. The van der Waals surface area contributed by atoms with Gasteiger partial charge in [-0.1, -0.05) is 12.1 Å². The Kier molecular flexibility index (Phi) is 5.32. The molecule has 1 aromatic carbocycles. The predicted molar refractivity (Wildman–Crippen MR) is 116 cm³/mol. The normalized spacial score (nSPS) is 14.7. The van der Waals surface area contributed by atoms with Gasteiger partial charge in [0.05, 0.1) is 11.4 Å². The zero-order valence-corrected chi connectivity index (χ0v) is 16.6. The van der Waals surface area contributed by atoms with E-state index < -0.39 is 0 Å². The number of amides is 1. The largest absolute Gasteiger partial charge is 0.399 e. The van der Waals surface area contributed by atoms with E-state index in [1.165, 1.54) is 22.0 Å². The molecule has 5 N–H and O–H groups in total. The first-order valence-corrected chi connectivity index (χ1v) is 10.2. The number of nitrogen functional groups attached to an aromatic ring is 1. The predicted octanol–water partition coefficient (Wildman–Crippen LogP) is 2.06. The highest BCUT2D eigenvalue weighted by atomic mass is 32.1. The summed E-state index contributed by atoms with van der Waals surface area (Å²) in [5.41, 5.74) is 13.7. The summed E-state index contributed by atoms with van der Waals surface area (Å²) < 4.78 is 1.36. The third-order valence-corrected chi connectivity index (χ3v) is 5.75. The Labute approximate surface area is 171 Å². The van der Waals surface area contributed by atoms with Crippen LogP contribution in [0.15, 0.2) is 52.8 Å². The van der Waals surface area contributed by atoms with E-state index in [2.05, 4.69) is 15.2 Å². The minimum absolute atomic E-state index is 0.234. The van der Waals surface area contributed by atoms with E-state index in [1.54, 1.807) is 17.6 Å². The number of para-hydroxylation sites is 2. The zero-order chi connectivity index (χ0) is 20.4. The number of benzene rings is 1. The van der Waals surface area contributed by atoms with Crippen LogP contribution in [0.3, 0.4) is 0 Å². The van der Waals surface area contributed by atoms with Crippen LogP contribution in [0.1, 0.15) is 23.3 Å². The van der Waals surface area contributed by atoms with E-state index in [9.17, 15) is 9.59 Å². The highest BCUT2D eigenvalue weighted by Crippen LogP contribution is 2.28. The second-order valence-corrected chi connectivity index (χ2v) is 7.82. The fraction of sp³-hybridized carbons (Fsp3) is 0.250. The van der Waals surface area contributed by atoms with Gasteiger partial charge in [-0.3, -0.25) is 14.2 Å². The topological polar surface area (TPSA) is 119 Å². The smallest absolute Gasteiger partial charge is 0.275 e. The van der Waals surface area contributed by atoms with Crippen molar-refractivity contribution < 1.29 is 4.79 Å². The summed E-state index contributed by atoms with van der Waals surface area (Å²) in [5, 5.41) is 5.00. The number of thiazole rings is 1. The number of hydrogen-bond donors (Lipinski definition) is 3. The summed E-state index contributed by atoms with van der Waals surface area (Å²) in [4.78, 5) is 31.4. The van der Waals surface area contributed by atoms with Crippen molar-refractivity contribution in [2.75, 3.05) is 29.0 Å². The summed E-state index contributed by atoms with van der Waals surface area (Å²) in [6, 6.07) is 10.9. The first-order chi connectivity index (χ1) is 14.0. The van der Waals surface area contributed by atoms with Crippen molar-refractivity contribution in [1.82, 2.24) is 9.55 Å². The summed E-state index contributed by atoms with van der Waals surface area (Å²) in [6.45, 7) is 1.71. The summed E-state index contributed by atoms with van der Waals surface area (Å²) in [5.74, 6) is -0.322. The molecule has 0 unspecified atom stereocenters. The van der Waals surface area contributed by atoms with E-state index in [0.29, 0.717) is 10.8 Å². The van der Waals surface area contributed by atoms with E-state index in [4.69, 9.17) is 11.5 Å². The molecule has 3 aromatic rings. The van der Waals surface area contributed by atoms with Crippen molar-refractivity contribution in [3.05, 3.63) is 64.0 Å². The van der Waals surface area contributed by atoms with Gasteiger partial charge in [0.1, 0.15) is 5.69 Å². The number of nitrogens with two attached hydrogens (primary N) is 2.